The maximum atomic E-state index is 14.7. The molecule has 32 heavy (non-hydrogen) atoms. The fourth-order valence-corrected chi connectivity index (χ4v) is 5.87. The van der Waals surface area contributed by atoms with E-state index in [0.717, 1.165) is 6.07 Å². The fourth-order valence-electron chi connectivity index (χ4n) is 4.23. The number of nitrogens with zero attached hydrogens (tertiary/aromatic N) is 4. The summed E-state index contributed by atoms with van der Waals surface area (Å²) in [5.74, 6) is -0.652. The molecule has 0 amide bonds. The maximum Gasteiger partial charge on any atom is 0.295 e. The topological polar surface area (TPSA) is 96.2 Å². The summed E-state index contributed by atoms with van der Waals surface area (Å²) in [5.41, 5.74) is 0.258. The van der Waals surface area contributed by atoms with Crippen molar-refractivity contribution in [1.29, 1.82) is 0 Å². The molecular formula is C21H25FN4O5S. The summed E-state index contributed by atoms with van der Waals surface area (Å²) in [6, 6.07) is 10.2. The number of morpholine rings is 1. The normalized spacial score (nSPS) is 20.4. The van der Waals surface area contributed by atoms with Crippen molar-refractivity contribution in [2.75, 3.05) is 55.7 Å². The lowest BCUT2D eigenvalue weighted by Crippen LogP contribution is -2.54. The molecule has 0 aromatic heterocycles. The summed E-state index contributed by atoms with van der Waals surface area (Å²) >= 11 is 0. The van der Waals surface area contributed by atoms with Gasteiger partial charge in [-0.1, -0.05) is 18.2 Å². The Morgan fingerprint density at radius 2 is 1.72 bits per heavy atom. The molecule has 0 aliphatic carbocycles. The van der Waals surface area contributed by atoms with Crippen LogP contribution in [0, 0.1) is 15.9 Å². The van der Waals surface area contributed by atoms with Gasteiger partial charge in [0.1, 0.15) is 5.69 Å². The number of anilines is 2. The monoisotopic (exact) mass is 464 g/mol. The lowest BCUT2D eigenvalue weighted by molar-refractivity contribution is -0.384. The second-order valence-electron chi connectivity index (χ2n) is 7.87. The molecule has 11 heteroatoms. The van der Waals surface area contributed by atoms with Gasteiger partial charge in [-0.05, 0) is 25.1 Å². The molecule has 1 atom stereocenters. The average Bonchev–Trinajstić information content (AvgIpc) is 2.79. The Kier molecular flexibility index (Phi) is 6.31. The van der Waals surface area contributed by atoms with Crippen LogP contribution >= 0.6 is 0 Å². The molecule has 2 aliphatic rings. The number of sulfonamides is 1. The van der Waals surface area contributed by atoms with Crippen LogP contribution in [0.2, 0.25) is 0 Å². The van der Waals surface area contributed by atoms with Crippen LogP contribution < -0.4 is 9.80 Å². The van der Waals surface area contributed by atoms with Crippen molar-refractivity contribution < 1.29 is 22.5 Å². The van der Waals surface area contributed by atoms with Crippen LogP contribution in [0.15, 0.2) is 47.4 Å². The van der Waals surface area contributed by atoms with Crippen LogP contribution in [0.5, 0.6) is 0 Å². The largest absolute Gasteiger partial charge is 0.378 e. The summed E-state index contributed by atoms with van der Waals surface area (Å²) in [6.45, 7) is 4.34. The summed E-state index contributed by atoms with van der Waals surface area (Å²) < 4.78 is 47.6. The molecule has 2 heterocycles. The zero-order valence-electron chi connectivity index (χ0n) is 17.7. The Morgan fingerprint density at radius 1 is 1.03 bits per heavy atom. The first kappa shape index (κ1) is 22.4. The van der Waals surface area contributed by atoms with Crippen molar-refractivity contribution in [3.8, 4) is 0 Å². The molecular weight excluding hydrogens is 439 g/mol. The molecule has 0 N–H and O–H groups in total. The lowest BCUT2D eigenvalue weighted by atomic mass is 10.1. The summed E-state index contributed by atoms with van der Waals surface area (Å²) in [4.78, 5) is 14.9. The smallest absolute Gasteiger partial charge is 0.295 e. The first-order chi connectivity index (χ1) is 15.3. The van der Waals surface area contributed by atoms with Gasteiger partial charge in [-0.15, -0.1) is 0 Å². The van der Waals surface area contributed by atoms with Gasteiger partial charge in [0.15, 0.2) is 5.82 Å². The van der Waals surface area contributed by atoms with Crippen molar-refractivity contribution in [1.82, 2.24) is 4.31 Å². The minimum absolute atomic E-state index is 0.166. The van der Waals surface area contributed by atoms with Gasteiger partial charge < -0.3 is 14.5 Å². The number of halogens is 1. The van der Waals surface area contributed by atoms with E-state index in [1.807, 2.05) is 4.90 Å². The molecule has 2 aliphatic heterocycles. The van der Waals surface area contributed by atoms with Gasteiger partial charge >= 0.3 is 0 Å². The highest BCUT2D eigenvalue weighted by atomic mass is 32.2. The number of piperazine rings is 1. The molecule has 2 aromatic carbocycles. The zero-order chi connectivity index (χ0) is 22.9. The van der Waals surface area contributed by atoms with E-state index in [1.54, 1.807) is 42.2 Å². The van der Waals surface area contributed by atoms with Gasteiger partial charge in [-0.3, -0.25) is 10.1 Å². The SMILES string of the molecule is CC1CN(c2cc(N3CCOCC3)c(F)cc2[N+](=O)[O-])CCN1S(=O)(=O)c1ccccc1. The number of hydrogen-bond acceptors (Lipinski definition) is 7. The van der Waals surface area contributed by atoms with Crippen LogP contribution in [0.4, 0.5) is 21.5 Å². The molecule has 0 spiro atoms. The molecule has 0 radical (unpaired) electrons. The van der Waals surface area contributed by atoms with E-state index in [4.69, 9.17) is 4.74 Å². The van der Waals surface area contributed by atoms with Gasteiger partial charge in [-0.25, -0.2) is 12.8 Å². The average molecular weight is 465 g/mol. The Balaban J connectivity index is 1.62. The maximum absolute atomic E-state index is 14.7. The molecule has 4 rings (SSSR count). The Labute approximate surface area is 186 Å². The van der Waals surface area contributed by atoms with Crippen molar-refractivity contribution in [3.05, 3.63) is 58.4 Å². The van der Waals surface area contributed by atoms with Crippen LogP contribution in [0.25, 0.3) is 0 Å². The fraction of sp³-hybridized carbons (Fsp3) is 0.429. The predicted molar refractivity (Wildman–Crippen MR) is 118 cm³/mol. The predicted octanol–water partition coefficient (Wildman–Crippen LogP) is 2.47. The van der Waals surface area contributed by atoms with Gasteiger partial charge in [-0.2, -0.15) is 4.31 Å². The molecule has 2 aromatic rings. The molecule has 2 fully saturated rings. The number of rotatable bonds is 5. The van der Waals surface area contributed by atoms with Crippen molar-refractivity contribution in [2.45, 2.75) is 17.9 Å². The lowest BCUT2D eigenvalue weighted by Gasteiger charge is -2.40. The number of nitro groups is 1. The second-order valence-corrected chi connectivity index (χ2v) is 9.76. The van der Waals surface area contributed by atoms with Crippen LogP contribution in [-0.2, 0) is 14.8 Å². The third-order valence-corrected chi connectivity index (χ3v) is 7.88. The summed E-state index contributed by atoms with van der Waals surface area (Å²) in [5, 5.41) is 11.7. The molecule has 2 saturated heterocycles. The zero-order valence-corrected chi connectivity index (χ0v) is 18.5. The Hall–Kier alpha value is -2.76. The first-order valence-corrected chi connectivity index (χ1v) is 11.9. The number of hydrogen-bond donors (Lipinski definition) is 0. The summed E-state index contributed by atoms with van der Waals surface area (Å²) in [6.07, 6.45) is 0. The van der Waals surface area contributed by atoms with Crippen molar-refractivity contribution in [3.63, 3.8) is 0 Å². The van der Waals surface area contributed by atoms with E-state index >= 15 is 0 Å². The van der Waals surface area contributed by atoms with E-state index < -0.39 is 26.8 Å². The van der Waals surface area contributed by atoms with Gasteiger partial charge in [0.05, 0.1) is 34.8 Å². The number of benzene rings is 2. The molecule has 0 saturated carbocycles. The minimum Gasteiger partial charge on any atom is -0.378 e. The van der Waals surface area contributed by atoms with E-state index in [1.165, 1.54) is 10.4 Å². The second kappa shape index (κ2) is 9.00. The highest BCUT2D eigenvalue weighted by Crippen LogP contribution is 2.37. The Morgan fingerprint density at radius 3 is 2.34 bits per heavy atom. The molecule has 1 unspecified atom stereocenters. The van der Waals surface area contributed by atoms with Gasteiger partial charge in [0.25, 0.3) is 5.69 Å². The van der Waals surface area contributed by atoms with Gasteiger partial charge in [0.2, 0.25) is 10.0 Å². The third-order valence-electron chi connectivity index (χ3n) is 5.85. The number of ether oxygens (including phenoxy) is 1. The van der Waals surface area contributed by atoms with E-state index in [2.05, 4.69) is 0 Å². The first-order valence-electron chi connectivity index (χ1n) is 10.4. The highest BCUT2D eigenvalue weighted by Gasteiger charge is 2.36. The van der Waals surface area contributed by atoms with E-state index in [0.29, 0.717) is 37.7 Å². The van der Waals surface area contributed by atoms with Crippen LogP contribution in [0.3, 0.4) is 0 Å². The molecule has 0 bridgehead atoms. The van der Waals surface area contributed by atoms with E-state index in [9.17, 15) is 22.9 Å². The van der Waals surface area contributed by atoms with Crippen molar-refractivity contribution >= 4 is 27.1 Å². The van der Waals surface area contributed by atoms with E-state index in [-0.39, 0.29) is 30.2 Å². The van der Waals surface area contributed by atoms with Gasteiger partial charge in [0, 0.05) is 38.8 Å². The quantitative estimate of drug-likeness (QED) is 0.495. The summed E-state index contributed by atoms with van der Waals surface area (Å²) in [7, 11) is -3.68. The minimum atomic E-state index is -3.68. The molecule has 9 nitrogen and oxygen atoms in total. The van der Waals surface area contributed by atoms with Crippen molar-refractivity contribution in [2.24, 2.45) is 0 Å². The van der Waals surface area contributed by atoms with Crippen LogP contribution in [-0.4, -0.2) is 69.6 Å². The highest BCUT2D eigenvalue weighted by molar-refractivity contribution is 7.89. The standard InChI is InChI=1S/C21H25FN4O5S/c1-16-15-24(7-8-25(16)32(29,30)17-5-3-2-4-6-17)20-14-19(23-9-11-31-12-10-23)18(22)13-21(20)26(27)28/h2-6,13-14,16H,7-12,15H2,1H3. The Bertz CT molecular complexity index is 1090. The van der Waals surface area contributed by atoms with Crippen LogP contribution in [0.1, 0.15) is 6.92 Å². The third kappa shape index (κ3) is 4.27. The molecule has 172 valence electrons. The number of nitro benzene ring substituents is 1.